The summed E-state index contributed by atoms with van der Waals surface area (Å²) in [6.07, 6.45) is -5.23. The second-order valence-corrected chi connectivity index (χ2v) is 6.61. The molecule has 2 aliphatic rings. The first-order valence-electron chi connectivity index (χ1n) is 5.32. The van der Waals surface area contributed by atoms with Gasteiger partial charge in [0.05, 0.1) is 22.0 Å². The number of fused-ring (bicyclic) bond motifs is 1. The summed E-state index contributed by atoms with van der Waals surface area (Å²) in [5, 5.41) is 21.8. The molecule has 0 aliphatic carbocycles. The van der Waals surface area contributed by atoms with Crippen molar-refractivity contribution in [2.45, 2.75) is 41.4 Å². The Kier molecular flexibility index (Phi) is 4.17. The molecule has 0 aromatic carbocycles. The van der Waals surface area contributed by atoms with Crippen molar-refractivity contribution in [3.8, 4) is 0 Å². The van der Waals surface area contributed by atoms with Crippen LogP contribution in [-0.4, -0.2) is 56.4 Å². The molecule has 0 radical (unpaired) electrons. The highest BCUT2D eigenvalue weighted by atomic mass is 32.2. The van der Waals surface area contributed by atoms with Crippen molar-refractivity contribution in [2.75, 3.05) is 6.54 Å². The molecule has 2 heterocycles. The Balaban J connectivity index is 2.12. The fraction of sp³-hybridized carbons (Fsp3) is 0.889. The molecule has 0 bridgehead atoms. The molecule has 8 heteroatoms. The number of aliphatic imine (C=N–C) groups is 1. The number of nitrogens with zero attached hydrogens (tertiary/aromatic N) is 1. The Morgan fingerprint density at radius 1 is 1.41 bits per heavy atom. The third-order valence-corrected chi connectivity index (χ3v) is 5.68. The molecule has 0 aromatic heterocycles. The van der Waals surface area contributed by atoms with E-state index >= 15 is 0 Å². The highest BCUT2D eigenvalue weighted by Crippen LogP contribution is 2.44. The third kappa shape index (κ3) is 2.54. The van der Waals surface area contributed by atoms with Crippen LogP contribution in [0.15, 0.2) is 4.99 Å². The summed E-state index contributed by atoms with van der Waals surface area (Å²) >= 11 is 2.35. The fourth-order valence-electron chi connectivity index (χ4n) is 1.86. The van der Waals surface area contributed by atoms with E-state index in [0.29, 0.717) is 11.7 Å². The monoisotopic (exact) mass is 284 g/mol. The zero-order chi connectivity index (χ0) is 12.6. The minimum atomic E-state index is -2.64. The number of rotatable bonds is 2. The fourth-order valence-corrected chi connectivity index (χ4v) is 4.90. The van der Waals surface area contributed by atoms with Crippen molar-refractivity contribution in [1.82, 2.24) is 5.32 Å². The summed E-state index contributed by atoms with van der Waals surface area (Å²) in [6, 6.07) is -0.416. The van der Waals surface area contributed by atoms with Crippen molar-refractivity contribution in [1.29, 1.82) is 0 Å². The summed E-state index contributed by atoms with van der Waals surface area (Å²) < 4.78 is 25.2. The molecule has 5 atom stereocenters. The molecular formula is C9H14F2N2O2S2. The van der Waals surface area contributed by atoms with Crippen molar-refractivity contribution < 1.29 is 19.0 Å². The van der Waals surface area contributed by atoms with E-state index in [-0.39, 0.29) is 4.58 Å². The van der Waals surface area contributed by atoms with Gasteiger partial charge >= 0.3 is 0 Å². The standard InChI is InChI=1S/C9H14F2N2O2S2/c1-2-12-9-13-3-4(14)5(15)6(7(10)11)16-8(3)17-9/h3-8,14-15H,2H2,1H3,(H,12,13). The third-order valence-electron chi connectivity index (χ3n) is 2.71. The van der Waals surface area contributed by atoms with E-state index in [1.165, 1.54) is 11.8 Å². The van der Waals surface area contributed by atoms with Gasteiger partial charge in [-0.25, -0.2) is 8.78 Å². The molecule has 0 amide bonds. The number of aliphatic hydroxyl groups excluding tert-OH is 2. The lowest BCUT2D eigenvalue weighted by Crippen LogP contribution is -2.56. The van der Waals surface area contributed by atoms with Crippen LogP contribution in [0.25, 0.3) is 0 Å². The summed E-state index contributed by atoms with van der Waals surface area (Å²) in [4.78, 5) is 4.15. The van der Waals surface area contributed by atoms with E-state index in [1.54, 1.807) is 0 Å². The summed E-state index contributed by atoms with van der Waals surface area (Å²) in [6.45, 7) is 2.47. The lowest BCUT2D eigenvalue weighted by molar-refractivity contribution is -0.0301. The first-order chi connectivity index (χ1) is 8.04. The van der Waals surface area contributed by atoms with Gasteiger partial charge in [0.15, 0.2) is 5.17 Å². The van der Waals surface area contributed by atoms with E-state index < -0.39 is 29.9 Å². The second-order valence-electron chi connectivity index (χ2n) is 3.85. The lowest BCUT2D eigenvalue weighted by atomic mass is 10.0. The summed E-state index contributed by atoms with van der Waals surface area (Å²) in [7, 11) is 0. The van der Waals surface area contributed by atoms with Crippen LogP contribution in [0.5, 0.6) is 0 Å². The van der Waals surface area contributed by atoms with Crippen molar-refractivity contribution in [2.24, 2.45) is 4.99 Å². The maximum atomic E-state index is 12.7. The molecule has 2 rings (SSSR count). The average Bonchev–Trinajstić information content (AvgIpc) is 2.66. The Labute approximate surface area is 106 Å². The largest absolute Gasteiger partial charge is 0.389 e. The average molecular weight is 284 g/mol. The second kappa shape index (κ2) is 5.29. The van der Waals surface area contributed by atoms with Gasteiger partial charge in [-0.05, 0) is 6.92 Å². The van der Waals surface area contributed by atoms with Crippen LogP contribution in [0.1, 0.15) is 6.92 Å². The zero-order valence-electron chi connectivity index (χ0n) is 9.09. The van der Waals surface area contributed by atoms with E-state index in [1.807, 2.05) is 6.92 Å². The number of hydrogen-bond acceptors (Lipinski definition) is 5. The number of amidine groups is 1. The van der Waals surface area contributed by atoms with Crippen LogP contribution < -0.4 is 5.32 Å². The molecule has 3 N–H and O–H groups in total. The first kappa shape index (κ1) is 13.4. The minimum absolute atomic E-state index is 0.224. The van der Waals surface area contributed by atoms with Crippen LogP contribution in [-0.2, 0) is 0 Å². The van der Waals surface area contributed by atoms with Gasteiger partial charge in [0.25, 0.3) is 6.43 Å². The van der Waals surface area contributed by atoms with Crippen molar-refractivity contribution >= 4 is 28.7 Å². The molecule has 2 aliphatic heterocycles. The number of thioether (sulfide) groups is 2. The van der Waals surface area contributed by atoms with E-state index in [2.05, 4.69) is 10.3 Å². The van der Waals surface area contributed by atoms with Gasteiger partial charge < -0.3 is 15.5 Å². The van der Waals surface area contributed by atoms with Crippen LogP contribution >= 0.6 is 23.5 Å². The molecule has 17 heavy (non-hydrogen) atoms. The van der Waals surface area contributed by atoms with Crippen LogP contribution in [0, 0.1) is 0 Å². The summed E-state index contributed by atoms with van der Waals surface area (Å²) in [5.74, 6) is 0. The Morgan fingerprint density at radius 2 is 2.12 bits per heavy atom. The molecule has 0 saturated carbocycles. The molecule has 98 valence electrons. The molecule has 0 spiro atoms. The highest BCUT2D eigenvalue weighted by Gasteiger charge is 2.51. The van der Waals surface area contributed by atoms with Crippen LogP contribution in [0.4, 0.5) is 8.78 Å². The van der Waals surface area contributed by atoms with Gasteiger partial charge in [0, 0.05) is 6.54 Å². The van der Waals surface area contributed by atoms with E-state index in [4.69, 9.17) is 0 Å². The number of alkyl halides is 2. The van der Waals surface area contributed by atoms with Gasteiger partial charge in [0.2, 0.25) is 0 Å². The Hall–Kier alpha value is -0.0500. The number of nitrogens with one attached hydrogen (secondary N) is 1. The molecule has 5 unspecified atom stereocenters. The highest BCUT2D eigenvalue weighted by molar-refractivity contribution is 8.25. The molecule has 2 fully saturated rings. The predicted octanol–water partition coefficient (Wildman–Crippen LogP) is 0.496. The molecular weight excluding hydrogens is 270 g/mol. The normalized spacial score (nSPS) is 43.9. The van der Waals surface area contributed by atoms with E-state index in [9.17, 15) is 19.0 Å². The molecule has 4 nitrogen and oxygen atoms in total. The molecule has 2 saturated heterocycles. The topological polar surface area (TPSA) is 64.9 Å². The van der Waals surface area contributed by atoms with Crippen molar-refractivity contribution in [3.05, 3.63) is 0 Å². The Morgan fingerprint density at radius 3 is 2.71 bits per heavy atom. The summed E-state index contributed by atoms with van der Waals surface area (Å²) in [5.41, 5.74) is 0. The van der Waals surface area contributed by atoms with Crippen molar-refractivity contribution in [3.63, 3.8) is 0 Å². The minimum Gasteiger partial charge on any atom is -0.389 e. The number of aliphatic hydroxyl groups is 2. The number of halogens is 2. The van der Waals surface area contributed by atoms with Gasteiger partial charge in [0.1, 0.15) is 6.10 Å². The van der Waals surface area contributed by atoms with Gasteiger partial charge in [-0.1, -0.05) is 11.8 Å². The maximum absolute atomic E-state index is 12.7. The lowest BCUT2D eigenvalue weighted by Gasteiger charge is -2.37. The SMILES string of the molecule is CCN=C1NC2C(S1)SC(C(F)F)C(O)C2O. The molecule has 0 aromatic rings. The van der Waals surface area contributed by atoms with Gasteiger partial charge in [-0.3, -0.25) is 4.99 Å². The van der Waals surface area contributed by atoms with E-state index in [0.717, 1.165) is 11.8 Å². The van der Waals surface area contributed by atoms with Gasteiger partial charge in [-0.15, -0.1) is 11.8 Å². The van der Waals surface area contributed by atoms with Crippen LogP contribution in [0.3, 0.4) is 0 Å². The number of hydrogen-bond donors (Lipinski definition) is 3. The smallest absolute Gasteiger partial charge is 0.252 e. The quantitative estimate of drug-likeness (QED) is 0.689. The maximum Gasteiger partial charge on any atom is 0.252 e. The first-order valence-corrected chi connectivity index (χ1v) is 7.14. The van der Waals surface area contributed by atoms with Crippen LogP contribution in [0.2, 0.25) is 0 Å². The zero-order valence-corrected chi connectivity index (χ0v) is 10.7. The Bertz CT molecular complexity index is 319. The predicted molar refractivity (Wildman–Crippen MR) is 65.7 cm³/mol. The van der Waals surface area contributed by atoms with Gasteiger partial charge in [-0.2, -0.15) is 0 Å².